The molecular formula is C17H17BrClN3O. The van der Waals surface area contributed by atoms with E-state index in [-0.39, 0.29) is 12.1 Å². The van der Waals surface area contributed by atoms with Crippen molar-refractivity contribution in [2.75, 3.05) is 11.9 Å². The number of aromatic nitrogens is 1. The molecule has 6 heteroatoms. The first-order valence-electron chi connectivity index (χ1n) is 7.48. The van der Waals surface area contributed by atoms with Crippen molar-refractivity contribution in [1.82, 2.24) is 9.88 Å². The van der Waals surface area contributed by atoms with Crippen LogP contribution in [0.25, 0.3) is 0 Å². The summed E-state index contributed by atoms with van der Waals surface area (Å²) in [6.07, 6.45) is 4.12. The number of hydrogen-bond donors (Lipinski definition) is 1. The Morgan fingerprint density at radius 3 is 2.83 bits per heavy atom. The van der Waals surface area contributed by atoms with E-state index in [0.29, 0.717) is 27.6 Å². The van der Waals surface area contributed by atoms with Gasteiger partial charge in [0.05, 0.1) is 21.4 Å². The molecule has 2 heterocycles. The molecule has 1 aromatic heterocycles. The van der Waals surface area contributed by atoms with Gasteiger partial charge in [0.25, 0.3) is 0 Å². The van der Waals surface area contributed by atoms with Crippen molar-refractivity contribution < 1.29 is 4.79 Å². The molecule has 0 bridgehead atoms. The standard InChI is InChI=1S/C17H17BrClN3O/c1-11-7-13(12-5-3-2-4-6-12)10-22(11)17(23)21-15-9-20-8-14(18)16(15)19/h2-6,8-9,11,13H,7,10H2,1H3,(H,21,23). The molecule has 2 amide bonds. The lowest BCUT2D eigenvalue weighted by molar-refractivity contribution is 0.209. The molecule has 120 valence electrons. The number of benzene rings is 1. The number of likely N-dealkylation sites (tertiary alicyclic amines) is 1. The van der Waals surface area contributed by atoms with Crippen LogP contribution in [0.2, 0.25) is 5.02 Å². The molecule has 2 unspecified atom stereocenters. The van der Waals surface area contributed by atoms with Crippen LogP contribution in [0.5, 0.6) is 0 Å². The number of rotatable bonds is 2. The van der Waals surface area contributed by atoms with Gasteiger partial charge in [0.15, 0.2) is 0 Å². The Morgan fingerprint density at radius 1 is 1.35 bits per heavy atom. The van der Waals surface area contributed by atoms with Gasteiger partial charge >= 0.3 is 6.03 Å². The first-order valence-corrected chi connectivity index (χ1v) is 8.65. The van der Waals surface area contributed by atoms with Crippen molar-refractivity contribution in [3.63, 3.8) is 0 Å². The summed E-state index contributed by atoms with van der Waals surface area (Å²) in [4.78, 5) is 18.5. The number of carbonyl (C=O) groups excluding carboxylic acids is 1. The molecule has 3 rings (SSSR count). The van der Waals surface area contributed by atoms with Crippen LogP contribution in [-0.2, 0) is 0 Å². The van der Waals surface area contributed by atoms with Gasteiger partial charge in [-0.25, -0.2) is 4.79 Å². The molecule has 1 aromatic carbocycles. The zero-order chi connectivity index (χ0) is 16.4. The first kappa shape index (κ1) is 16.3. The van der Waals surface area contributed by atoms with Crippen LogP contribution in [0, 0.1) is 0 Å². The van der Waals surface area contributed by atoms with Gasteiger partial charge in [-0.2, -0.15) is 0 Å². The molecule has 1 aliphatic rings. The molecule has 0 radical (unpaired) electrons. The van der Waals surface area contributed by atoms with Gasteiger partial charge in [0, 0.05) is 24.7 Å². The highest BCUT2D eigenvalue weighted by atomic mass is 79.9. The van der Waals surface area contributed by atoms with E-state index in [2.05, 4.69) is 45.3 Å². The number of carbonyl (C=O) groups is 1. The van der Waals surface area contributed by atoms with Gasteiger partial charge in [-0.3, -0.25) is 4.98 Å². The van der Waals surface area contributed by atoms with Crippen LogP contribution in [-0.4, -0.2) is 28.5 Å². The van der Waals surface area contributed by atoms with Crippen LogP contribution in [0.15, 0.2) is 47.2 Å². The molecule has 23 heavy (non-hydrogen) atoms. The number of pyridine rings is 1. The molecule has 1 N–H and O–H groups in total. The largest absolute Gasteiger partial charge is 0.322 e. The summed E-state index contributed by atoms with van der Waals surface area (Å²) < 4.78 is 0.661. The molecule has 1 aliphatic heterocycles. The minimum atomic E-state index is -0.141. The van der Waals surface area contributed by atoms with Crippen LogP contribution in [0.3, 0.4) is 0 Å². The molecule has 0 spiro atoms. The summed E-state index contributed by atoms with van der Waals surface area (Å²) in [5.74, 6) is 0.369. The zero-order valence-electron chi connectivity index (χ0n) is 12.7. The van der Waals surface area contributed by atoms with Crippen LogP contribution >= 0.6 is 27.5 Å². The Morgan fingerprint density at radius 2 is 2.09 bits per heavy atom. The average Bonchev–Trinajstić information content (AvgIpc) is 2.95. The Kier molecular flexibility index (Phi) is 4.87. The molecule has 2 aromatic rings. The topological polar surface area (TPSA) is 45.2 Å². The maximum absolute atomic E-state index is 12.6. The SMILES string of the molecule is CC1CC(c2ccccc2)CN1C(=O)Nc1cncc(Br)c1Cl. The van der Waals surface area contributed by atoms with Crippen molar-refractivity contribution in [3.8, 4) is 0 Å². The lowest BCUT2D eigenvalue weighted by Crippen LogP contribution is -2.37. The van der Waals surface area contributed by atoms with Gasteiger partial charge in [-0.15, -0.1) is 0 Å². The summed E-state index contributed by atoms with van der Waals surface area (Å²) in [6, 6.07) is 10.4. The third kappa shape index (κ3) is 3.51. The maximum Gasteiger partial charge on any atom is 0.322 e. The van der Waals surface area contributed by atoms with Crippen molar-refractivity contribution in [1.29, 1.82) is 0 Å². The first-order chi connectivity index (χ1) is 11.1. The highest BCUT2D eigenvalue weighted by Gasteiger charge is 2.33. The average molecular weight is 395 g/mol. The third-order valence-corrected chi connectivity index (χ3v) is 5.42. The number of halogens is 2. The Balaban J connectivity index is 1.72. The normalized spacial score (nSPS) is 20.6. The highest BCUT2D eigenvalue weighted by molar-refractivity contribution is 9.10. The number of nitrogens with zero attached hydrogens (tertiary/aromatic N) is 2. The molecule has 2 atom stereocenters. The van der Waals surface area contributed by atoms with E-state index in [9.17, 15) is 4.79 Å². The maximum atomic E-state index is 12.6. The number of nitrogens with one attached hydrogen (secondary N) is 1. The number of hydrogen-bond acceptors (Lipinski definition) is 2. The molecule has 0 saturated carbocycles. The number of anilines is 1. The summed E-state index contributed by atoms with van der Waals surface area (Å²) in [6.45, 7) is 2.78. The second kappa shape index (κ2) is 6.89. The Labute approximate surface area is 149 Å². The van der Waals surface area contributed by atoms with Gasteiger partial charge < -0.3 is 10.2 Å². The van der Waals surface area contributed by atoms with Gasteiger partial charge in [-0.1, -0.05) is 41.9 Å². The summed E-state index contributed by atoms with van der Waals surface area (Å²) in [5.41, 5.74) is 1.79. The van der Waals surface area contributed by atoms with E-state index in [1.54, 1.807) is 12.4 Å². The van der Waals surface area contributed by atoms with Crippen molar-refractivity contribution >= 4 is 39.2 Å². The number of urea groups is 1. The summed E-state index contributed by atoms with van der Waals surface area (Å²) in [5, 5.41) is 3.32. The van der Waals surface area contributed by atoms with Crippen LogP contribution < -0.4 is 5.32 Å². The lowest BCUT2D eigenvalue weighted by Gasteiger charge is -2.22. The molecule has 1 fully saturated rings. The molecule has 4 nitrogen and oxygen atoms in total. The fraction of sp³-hybridized carbons (Fsp3) is 0.294. The molecular weight excluding hydrogens is 378 g/mol. The van der Waals surface area contributed by atoms with E-state index in [1.807, 2.05) is 23.1 Å². The fourth-order valence-corrected chi connectivity index (χ4v) is 3.45. The predicted molar refractivity (Wildman–Crippen MR) is 95.9 cm³/mol. The van der Waals surface area contributed by atoms with Gasteiger partial charge in [-0.05, 0) is 34.8 Å². The summed E-state index contributed by atoms with van der Waals surface area (Å²) in [7, 11) is 0. The second-order valence-electron chi connectivity index (χ2n) is 5.76. The van der Waals surface area contributed by atoms with E-state index >= 15 is 0 Å². The van der Waals surface area contributed by atoms with Gasteiger partial charge in [0.2, 0.25) is 0 Å². The van der Waals surface area contributed by atoms with E-state index in [4.69, 9.17) is 11.6 Å². The molecule has 0 aliphatic carbocycles. The second-order valence-corrected chi connectivity index (χ2v) is 6.99. The minimum absolute atomic E-state index is 0.141. The van der Waals surface area contributed by atoms with Crippen LogP contribution in [0.4, 0.5) is 10.5 Å². The third-order valence-electron chi connectivity index (χ3n) is 4.19. The van der Waals surface area contributed by atoms with Crippen molar-refractivity contribution in [2.24, 2.45) is 0 Å². The number of amides is 2. The summed E-state index contributed by atoms with van der Waals surface area (Å²) >= 11 is 9.50. The van der Waals surface area contributed by atoms with Crippen LogP contribution in [0.1, 0.15) is 24.8 Å². The Bertz CT molecular complexity index is 710. The Hall–Kier alpha value is -1.59. The van der Waals surface area contributed by atoms with E-state index in [1.165, 1.54) is 5.56 Å². The quantitative estimate of drug-likeness (QED) is 0.787. The van der Waals surface area contributed by atoms with Crippen molar-refractivity contribution in [3.05, 3.63) is 57.8 Å². The van der Waals surface area contributed by atoms with Crippen molar-refractivity contribution in [2.45, 2.75) is 25.3 Å². The monoisotopic (exact) mass is 393 g/mol. The zero-order valence-corrected chi connectivity index (χ0v) is 15.0. The molecule has 1 saturated heterocycles. The van der Waals surface area contributed by atoms with E-state index in [0.717, 1.165) is 6.42 Å². The van der Waals surface area contributed by atoms with Gasteiger partial charge in [0.1, 0.15) is 0 Å². The fourth-order valence-electron chi connectivity index (χ4n) is 2.97. The minimum Gasteiger partial charge on any atom is -0.321 e. The predicted octanol–water partition coefficient (Wildman–Crippen LogP) is 4.91. The van der Waals surface area contributed by atoms with E-state index < -0.39 is 0 Å². The highest BCUT2D eigenvalue weighted by Crippen LogP contribution is 2.33. The lowest BCUT2D eigenvalue weighted by atomic mass is 9.97. The smallest absolute Gasteiger partial charge is 0.321 e.